The number of amides is 4. The summed E-state index contributed by atoms with van der Waals surface area (Å²) < 4.78 is 51.6. The van der Waals surface area contributed by atoms with Gasteiger partial charge in [0.15, 0.2) is 0 Å². The number of likely N-dealkylation sites (tertiary alicyclic amines) is 2. The number of esters is 1. The van der Waals surface area contributed by atoms with Crippen LogP contribution >= 0.6 is 0 Å². The first kappa shape index (κ1) is 78.5. The first-order chi connectivity index (χ1) is 50.4. The number of piperidine rings is 2. The lowest BCUT2D eigenvalue weighted by Gasteiger charge is -2.40. The summed E-state index contributed by atoms with van der Waals surface area (Å²) in [6, 6.07) is 26.1. The number of nitrogens with one attached hydrogen (secondary N) is 6. The Balaban J connectivity index is 0.000000243. The Hall–Kier alpha value is -10.7. The van der Waals surface area contributed by atoms with Gasteiger partial charge in [0.1, 0.15) is 34.2 Å². The zero-order valence-electron chi connectivity index (χ0n) is 61.6. The van der Waals surface area contributed by atoms with Crippen LogP contribution in [0.1, 0.15) is 164 Å². The molecule has 7 N–H and O–H groups in total. The van der Waals surface area contributed by atoms with Gasteiger partial charge in [-0.05, 0) is 192 Å². The number of aromatic nitrogens is 6. The predicted octanol–water partition coefficient (Wildman–Crippen LogP) is 11.7. The molecule has 2 aromatic heterocycles. The lowest BCUT2D eigenvalue weighted by Crippen LogP contribution is -2.52. The van der Waals surface area contributed by atoms with E-state index in [1.807, 2.05) is 62.4 Å². The highest BCUT2D eigenvalue weighted by molar-refractivity contribution is 5.99. The number of nitrogens with zero attached hydrogens (tertiary/aromatic N) is 8. The standard InChI is InChI=1S/C38H51N7O8.C37H49N7O8/c1-6-50-35-43-33-39-24-26-11-14-28(15-12-26)51-21-9-7-8-10-22-52-30-23-27(41-34(42-33)44-35)13-16-29(30)31(46)40-25-38(32(47)49-5)17-19-45(20-18-38)36(48)53-37(2,3)4;1-5-49-34-42-32-38-23-25-10-13-27(14-11-25)50-20-8-6-7-9-21-51-29-22-26(40-33(41-32)43-34)12-15-28(29)30(45)39-24-37(31(46)47)16-18-44(19-17-37)35(48)52-36(2,3)4/h11-16,23H,6-10,17-22,24-25H2,1-5H3,(H,40,46)(H2,39,41,42,43,44);10-15,22H,5-9,16-21,23-24H2,1-4H3,(H,39,45)(H,46,47)(H2,38,40,41,42,43). The molecule has 12 rings (SSSR count). The summed E-state index contributed by atoms with van der Waals surface area (Å²) in [5, 5.41) is 28.9. The van der Waals surface area contributed by atoms with Crippen LogP contribution in [0.4, 0.5) is 44.8 Å². The van der Waals surface area contributed by atoms with E-state index in [0.29, 0.717) is 106 Å². The van der Waals surface area contributed by atoms with Crippen LogP contribution in [0.15, 0.2) is 84.9 Å². The van der Waals surface area contributed by atoms with E-state index in [0.717, 1.165) is 74.0 Å². The van der Waals surface area contributed by atoms with Crippen LogP contribution in [0.2, 0.25) is 0 Å². The van der Waals surface area contributed by atoms with Crippen molar-refractivity contribution in [2.75, 3.05) is 107 Å². The number of ether oxygens (including phenoxy) is 9. The van der Waals surface area contributed by atoms with Crippen molar-refractivity contribution >= 4 is 71.1 Å². The SMILES string of the molecule is CCOc1nc2nc(n1)Nc1ccc(C(=O)NCC3(C(=O)O)CCN(C(=O)OC(C)(C)C)CC3)c(c1)OCCCCCCOc1ccc(cc1)CN2.CCOc1nc2nc(n1)Nc1ccc(C(=O)NCC3(C(=O)OC)CCN(C(=O)OC(C)(C)C)CC3)c(c1)OCCCCCCOc1ccc(cc1)CN2. The quantitative estimate of drug-likeness (QED) is 0.0442. The minimum absolute atomic E-state index is 0.0202. The molecule has 8 heterocycles. The van der Waals surface area contributed by atoms with Gasteiger partial charge in [0.25, 0.3) is 11.8 Å². The predicted molar refractivity (Wildman–Crippen MR) is 391 cm³/mol. The number of hydrogen-bond acceptors (Lipinski definition) is 25. The first-order valence-electron chi connectivity index (χ1n) is 36.0. The number of anilines is 6. The zero-order chi connectivity index (χ0) is 75.0. The number of hydrogen-bond donors (Lipinski definition) is 7. The van der Waals surface area contributed by atoms with Crippen LogP contribution in [-0.4, -0.2) is 178 Å². The van der Waals surface area contributed by atoms with Crippen molar-refractivity contribution in [3.63, 3.8) is 0 Å². The van der Waals surface area contributed by atoms with Gasteiger partial charge in [0.05, 0.1) is 68.7 Å². The molecule has 566 valence electrons. The van der Waals surface area contributed by atoms with E-state index in [4.69, 9.17) is 42.6 Å². The van der Waals surface area contributed by atoms with E-state index in [2.05, 4.69) is 61.8 Å². The second-order valence-electron chi connectivity index (χ2n) is 27.9. The molecule has 4 amide bonds. The van der Waals surface area contributed by atoms with E-state index in [1.54, 1.807) is 82.8 Å². The average Bonchev–Trinajstić information content (AvgIpc) is 0.805. The van der Waals surface area contributed by atoms with Gasteiger partial charge in [-0.3, -0.25) is 19.2 Å². The topological polar surface area (TPSA) is 362 Å². The molecule has 6 aliphatic rings. The minimum Gasteiger partial charge on any atom is -0.494 e. The van der Waals surface area contributed by atoms with Crippen LogP contribution in [0, 0.1) is 10.8 Å². The van der Waals surface area contributed by atoms with Crippen molar-refractivity contribution in [1.29, 1.82) is 0 Å². The molecular weight excluding hydrogens is 1350 g/mol. The van der Waals surface area contributed by atoms with Gasteiger partial charge in [-0.15, -0.1) is 0 Å². The molecule has 30 heteroatoms. The van der Waals surface area contributed by atoms with Gasteiger partial charge in [-0.2, -0.15) is 29.9 Å². The van der Waals surface area contributed by atoms with E-state index in [1.165, 1.54) is 12.0 Å². The fourth-order valence-corrected chi connectivity index (χ4v) is 11.8. The highest BCUT2D eigenvalue weighted by Crippen LogP contribution is 2.36. The third-order valence-corrected chi connectivity index (χ3v) is 17.6. The third kappa shape index (κ3) is 23.7. The van der Waals surface area contributed by atoms with Gasteiger partial charge >= 0.3 is 36.1 Å². The van der Waals surface area contributed by atoms with E-state index < -0.39 is 58.0 Å². The maximum atomic E-state index is 13.8. The van der Waals surface area contributed by atoms with Crippen molar-refractivity contribution in [2.45, 2.75) is 157 Å². The number of carbonyl (C=O) groups excluding carboxylic acids is 5. The Kier molecular flexibility index (Phi) is 27.8. The Morgan fingerprint density at radius 1 is 0.495 bits per heavy atom. The Bertz CT molecular complexity index is 3890. The molecule has 4 aromatic carbocycles. The molecule has 6 aromatic rings. The summed E-state index contributed by atoms with van der Waals surface area (Å²) in [5.74, 6) is 1.00. The van der Waals surface area contributed by atoms with Crippen molar-refractivity contribution in [3.05, 3.63) is 107 Å². The molecule has 0 spiro atoms. The molecule has 2 saturated heterocycles. The van der Waals surface area contributed by atoms with Crippen LogP contribution < -0.4 is 60.3 Å². The molecule has 0 unspecified atom stereocenters. The Labute approximate surface area is 612 Å². The van der Waals surface area contributed by atoms with Gasteiger partial charge in [-0.1, -0.05) is 24.3 Å². The summed E-state index contributed by atoms with van der Waals surface area (Å²) in [4.78, 5) is 108. The molecule has 0 aliphatic carbocycles. The molecule has 0 saturated carbocycles. The molecule has 12 bridgehead atoms. The summed E-state index contributed by atoms with van der Waals surface area (Å²) >= 11 is 0. The second-order valence-corrected chi connectivity index (χ2v) is 27.9. The van der Waals surface area contributed by atoms with Gasteiger partial charge in [0.2, 0.25) is 23.8 Å². The highest BCUT2D eigenvalue weighted by Gasteiger charge is 2.46. The molecule has 105 heavy (non-hydrogen) atoms. The van der Waals surface area contributed by atoms with Crippen molar-refractivity contribution < 1.29 is 76.5 Å². The summed E-state index contributed by atoms with van der Waals surface area (Å²) in [5.41, 5.74) is 0.162. The summed E-state index contributed by atoms with van der Waals surface area (Å²) in [6.07, 6.45) is 7.05. The number of methoxy groups -OCH3 is 1. The smallest absolute Gasteiger partial charge is 0.410 e. The van der Waals surface area contributed by atoms with Crippen LogP contribution in [-0.2, 0) is 36.9 Å². The number of carboxylic acid groups (broad SMARTS) is 1. The molecule has 2 fully saturated rings. The molecule has 0 radical (unpaired) electrons. The minimum atomic E-state index is -1.24. The maximum Gasteiger partial charge on any atom is 0.410 e. The van der Waals surface area contributed by atoms with Gasteiger partial charge < -0.3 is 89.4 Å². The lowest BCUT2D eigenvalue weighted by molar-refractivity contribution is -0.155. The Morgan fingerprint density at radius 2 is 0.867 bits per heavy atom. The van der Waals surface area contributed by atoms with E-state index in [9.17, 15) is 33.9 Å². The maximum absolute atomic E-state index is 13.8. The lowest BCUT2D eigenvalue weighted by atomic mass is 9.78. The normalized spacial score (nSPS) is 16.4. The highest BCUT2D eigenvalue weighted by atomic mass is 16.6. The fourth-order valence-electron chi connectivity index (χ4n) is 11.8. The number of rotatable bonds is 12. The van der Waals surface area contributed by atoms with Gasteiger partial charge in [0, 0.05) is 75.9 Å². The largest absolute Gasteiger partial charge is 0.494 e. The summed E-state index contributed by atoms with van der Waals surface area (Å²) in [7, 11) is 1.33. The number of aliphatic carboxylic acids is 1. The van der Waals surface area contributed by atoms with Crippen LogP contribution in [0.5, 0.6) is 35.0 Å². The van der Waals surface area contributed by atoms with Crippen molar-refractivity contribution in [3.8, 4) is 35.0 Å². The van der Waals surface area contributed by atoms with Crippen molar-refractivity contribution in [2.24, 2.45) is 10.8 Å². The molecule has 0 atom stereocenters. The van der Waals surface area contributed by atoms with E-state index in [-0.39, 0.29) is 81.6 Å². The molecule has 6 aliphatic heterocycles. The average molecular weight is 1450 g/mol. The van der Waals surface area contributed by atoms with E-state index >= 15 is 0 Å². The second kappa shape index (κ2) is 37.2. The number of fused-ring (bicyclic) bond motifs is 20. The fraction of sp³-hybridized carbons (Fsp3) is 0.520. The van der Waals surface area contributed by atoms with Gasteiger partial charge in [-0.25, -0.2) is 9.59 Å². The van der Waals surface area contributed by atoms with Crippen molar-refractivity contribution in [1.82, 2.24) is 50.3 Å². The zero-order valence-corrected chi connectivity index (χ0v) is 61.6. The monoisotopic (exact) mass is 1450 g/mol. The number of carbonyl (C=O) groups is 6. The number of benzene rings is 4. The third-order valence-electron chi connectivity index (χ3n) is 17.6. The molecular formula is C75H100N14O16. The summed E-state index contributed by atoms with van der Waals surface area (Å²) in [6.45, 7) is 18.9. The van der Waals surface area contributed by atoms with Crippen LogP contribution in [0.25, 0.3) is 0 Å². The van der Waals surface area contributed by atoms with Crippen LogP contribution in [0.3, 0.4) is 0 Å². The first-order valence-corrected chi connectivity index (χ1v) is 36.0. The molecule has 30 nitrogen and oxygen atoms in total. The number of carboxylic acids is 1. The Morgan fingerprint density at radius 3 is 1.24 bits per heavy atom.